The summed E-state index contributed by atoms with van der Waals surface area (Å²) in [5, 5.41) is 0.397. The first-order chi connectivity index (χ1) is 8.90. The Morgan fingerprint density at radius 1 is 0.947 bits per heavy atom. The summed E-state index contributed by atoms with van der Waals surface area (Å²) in [6.45, 7) is 0. The van der Waals surface area contributed by atoms with Crippen molar-refractivity contribution in [3.05, 3.63) is 67.1 Å². The standard InChI is InChI=1S/C13H6Br3ClF2/c14-9-2-1-6(18)3-7(9)13(16)8-4-11(17)10(15)5-12(8)19/h1-5,13H. The highest BCUT2D eigenvalue weighted by Crippen LogP contribution is 2.39. The van der Waals surface area contributed by atoms with Crippen LogP contribution in [-0.4, -0.2) is 0 Å². The Kier molecular flexibility index (Phi) is 5.04. The topological polar surface area (TPSA) is 0 Å². The smallest absolute Gasteiger partial charge is 0.129 e. The van der Waals surface area contributed by atoms with E-state index < -0.39 is 10.6 Å². The van der Waals surface area contributed by atoms with Gasteiger partial charge < -0.3 is 0 Å². The van der Waals surface area contributed by atoms with E-state index in [9.17, 15) is 8.78 Å². The molecule has 2 aromatic rings. The van der Waals surface area contributed by atoms with Crippen molar-refractivity contribution in [1.82, 2.24) is 0 Å². The van der Waals surface area contributed by atoms with Gasteiger partial charge in [0.2, 0.25) is 0 Å². The van der Waals surface area contributed by atoms with Crippen LogP contribution in [0.5, 0.6) is 0 Å². The van der Waals surface area contributed by atoms with Crippen molar-refractivity contribution in [2.45, 2.75) is 4.83 Å². The number of halogens is 6. The van der Waals surface area contributed by atoms with Crippen molar-refractivity contribution in [2.24, 2.45) is 0 Å². The molecule has 1 unspecified atom stereocenters. The Morgan fingerprint density at radius 3 is 2.32 bits per heavy atom. The maximum atomic E-state index is 14.0. The van der Waals surface area contributed by atoms with Gasteiger partial charge in [-0.2, -0.15) is 0 Å². The molecule has 0 saturated carbocycles. The van der Waals surface area contributed by atoms with E-state index >= 15 is 0 Å². The third kappa shape index (κ3) is 3.38. The van der Waals surface area contributed by atoms with E-state index in [0.29, 0.717) is 25.1 Å². The summed E-state index contributed by atoms with van der Waals surface area (Å²) < 4.78 is 28.4. The summed E-state index contributed by atoms with van der Waals surface area (Å²) in [5.41, 5.74) is 0.941. The summed E-state index contributed by atoms with van der Waals surface area (Å²) in [7, 11) is 0. The molecule has 0 nitrogen and oxygen atoms in total. The van der Waals surface area contributed by atoms with Gasteiger partial charge in [0.15, 0.2) is 0 Å². The van der Waals surface area contributed by atoms with E-state index in [1.54, 1.807) is 6.07 Å². The molecule has 0 radical (unpaired) electrons. The molecule has 100 valence electrons. The second-order valence-electron chi connectivity index (χ2n) is 3.82. The highest BCUT2D eigenvalue weighted by molar-refractivity contribution is 9.11. The summed E-state index contributed by atoms with van der Waals surface area (Å²) in [6, 6.07) is 7.06. The van der Waals surface area contributed by atoms with Gasteiger partial charge in [-0.05, 0) is 51.8 Å². The lowest BCUT2D eigenvalue weighted by molar-refractivity contribution is 0.610. The van der Waals surface area contributed by atoms with Gasteiger partial charge in [0.1, 0.15) is 11.6 Å². The van der Waals surface area contributed by atoms with E-state index in [0.717, 1.165) is 0 Å². The Balaban J connectivity index is 2.52. The minimum absolute atomic E-state index is 0.347. The van der Waals surface area contributed by atoms with Gasteiger partial charge in [0.05, 0.1) is 9.85 Å². The Bertz CT molecular complexity index is 632. The van der Waals surface area contributed by atoms with Crippen molar-refractivity contribution in [3.63, 3.8) is 0 Å². The van der Waals surface area contributed by atoms with Gasteiger partial charge in [-0.15, -0.1) is 0 Å². The Labute approximate surface area is 139 Å². The molecule has 0 amide bonds. The third-order valence-electron chi connectivity index (χ3n) is 2.54. The maximum Gasteiger partial charge on any atom is 0.129 e. The highest BCUT2D eigenvalue weighted by atomic mass is 79.9. The third-order valence-corrected chi connectivity index (χ3v) is 5.45. The quantitative estimate of drug-likeness (QED) is 0.338. The van der Waals surface area contributed by atoms with Crippen LogP contribution in [0.15, 0.2) is 39.3 Å². The normalized spacial score (nSPS) is 12.5. The number of hydrogen-bond donors (Lipinski definition) is 0. The zero-order chi connectivity index (χ0) is 14.2. The number of hydrogen-bond acceptors (Lipinski definition) is 0. The SMILES string of the molecule is Fc1ccc(Br)c(C(Br)c2cc(Cl)c(Br)cc2F)c1. The van der Waals surface area contributed by atoms with Gasteiger partial charge in [-0.1, -0.05) is 43.5 Å². The fraction of sp³-hybridized carbons (Fsp3) is 0.0769. The molecule has 0 aliphatic rings. The molecule has 0 aliphatic heterocycles. The van der Waals surface area contributed by atoms with Crippen LogP contribution in [-0.2, 0) is 0 Å². The monoisotopic (exact) mass is 472 g/mol. The second kappa shape index (κ2) is 6.20. The van der Waals surface area contributed by atoms with Gasteiger partial charge >= 0.3 is 0 Å². The molecule has 0 N–H and O–H groups in total. The molecule has 0 saturated heterocycles. The van der Waals surface area contributed by atoms with Gasteiger partial charge in [0, 0.05) is 14.5 Å². The predicted octanol–water partition coefficient (Wildman–Crippen LogP) is 6.63. The molecule has 0 bridgehead atoms. The largest absolute Gasteiger partial charge is 0.207 e. The van der Waals surface area contributed by atoms with Crippen molar-refractivity contribution in [3.8, 4) is 0 Å². The first-order valence-electron chi connectivity index (χ1n) is 5.13. The minimum atomic E-state index is -0.497. The van der Waals surface area contributed by atoms with E-state index in [4.69, 9.17) is 11.6 Å². The molecular weight excluding hydrogens is 469 g/mol. The molecular formula is C13H6Br3ClF2. The minimum Gasteiger partial charge on any atom is -0.207 e. The fourth-order valence-electron chi connectivity index (χ4n) is 1.61. The van der Waals surface area contributed by atoms with Crippen molar-refractivity contribution < 1.29 is 8.78 Å². The Hall–Kier alpha value is 0.0300. The lowest BCUT2D eigenvalue weighted by Crippen LogP contribution is -1.99. The first kappa shape index (κ1) is 15.4. The highest BCUT2D eigenvalue weighted by Gasteiger charge is 2.19. The molecule has 19 heavy (non-hydrogen) atoms. The summed E-state index contributed by atoms with van der Waals surface area (Å²) >= 11 is 15.8. The van der Waals surface area contributed by atoms with Crippen molar-refractivity contribution in [2.75, 3.05) is 0 Å². The van der Waals surface area contributed by atoms with Gasteiger partial charge in [-0.25, -0.2) is 8.78 Å². The predicted molar refractivity (Wildman–Crippen MR) is 84.0 cm³/mol. The summed E-state index contributed by atoms with van der Waals surface area (Å²) in [5.74, 6) is -0.805. The molecule has 0 spiro atoms. The zero-order valence-electron chi connectivity index (χ0n) is 9.23. The number of benzene rings is 2. The molecule has 2 rings (SSSR count). The second-order valence-corrected chi connectivity index (χ2v) is 6.85. The first-order valence-corrected chi connectivity index (χ1v) is 8.01. The average molecular weight is 475 g/mol. The molecule has 2 aromatic carbocycles. The van der Waals surface area contributed by atoms with E-state index in [1.807, 2.05) is 0 Å². The van der Waals surface area contributed by atoms with Crippen LogP contribution in [0.2, 0.25) is 5.02 Å². The van der Waals surface area contributed by atoms with Gasteiger partial charge in [0.25, 0.3) is 0 Å². The number of rotatable bonds is 2. The molecule has 1 atom stereocenters. The maximum absolute atomic E-state index is 14.0. The lowest BCUT2D eigenvalue weighted by atomic mass is 10.0. The van der Waals surface area contributed by atoms with Crippen LogP contribution in [0.3, 0.4) is 0 Å². The van der Waals surface area contributed by atoms with Gasteiger partial charge in [-0.3, -0.25) is 0 Å². The van der Waals surface area contributed by atoms with E-state index in [1.165, 1.54) is 24.3 Å². The van der Waals surface area contributed by atoms with E-state index in [2.05, 4.69) is 47.8 Å². The zero-order valence-corrected chi connectivity index (χ0v) is 14.7. The summed E-state index contributed by atoms with van der Waals surface area (Å²) in [6.07, 6.45) is 0. The molecule has 6 heteroatoms. The molecule has 0 aliphatic carbocycles. The van der Waals surface area contributed by atoms with Crippen molar-refractivity contribution in [1.29, 1.82) is 0 Å². The number of alkyl halides is 1. The van der Waals surface area contributed by atoms with Crippen LogP contribution in [0.4, 0.5) is 8.78 Å². The summed E-state index contributed by atoms with van der Waals surface area (Å²) in [4.78, 5) is -0.497. The van der Waals surface area contributed by atoms with Crippen LogP contribution >= 0.6 is 59.4 Å². The fourth-order valence-corrected chi connectivity index (χ4v) is 3.61. The van der Waals surface area contributed by atoms with Crippen LogP contribution in [0.25, 0.3) is 0 Å². The molecule has 0 aromatic heterocycles. The van der Waals surface area contributed by atoms with Crippen LogP contribution in [0, 0.1) is 11.6 Å². The van der Waals surface area contributed by atoms with Crippen LogP contribution < -0.4 is 0 Å². The average Bonchev–Trinajstić information content (AvgIpc) is 2.36. The Morgan fingerprint density at radius 2 is 1.63 bits per heavy atom. The van der Waals surface area contributed by atoms with Crippen LogP contribution in [0.1, 0.15) is 16.0 Å². The van der Waals surface area contributed by atoms with Crippen molar-refractivity contribution >= 4 is 59.4 Å². The lowest BCUT2D eigenvalue weighted by Gasteiger charge is -2.14. The molecule has 0 heterocycles. The van der Waals surface area contributed by atoms with E-state index in [-0.39, 0.29) is 5.82 Å². The molecule has 0 fully saturated rings.